The molecule has 0 spiro atoms. The Labute approximate surface area is 466 Å². The lowest BCUT2D eigenvalue weighted by molar-refractivity contribution is -0.696. The zero-order valence-electron chi connectivity index (χ0n) is 40.7. The number of H-pyrrole nitrogens is 2. The van der Waals surface area contributed by atoms with Gasteiger partial charge in [0, 0.05) is 117 Å². The number of nitrogens with one attached hydrogen (secondary N) is 2. The van der Waals surface area contributed by atoms with Crippen molar-refractivity contribution in [3.05, 3.63) is 196 Å². The number of aromatic amines is 2. The van der Waals surface area contributed by atoms with E-state index in [1.165, 1.54) is 0 Å². The van der Waals surface area contributed by atoms with Crippen LogP contribution < -0.4 is 86.2 Å². The summed E-state index contributed by atoms with van der Waals surface area (Å²) < 4.78 is 9.10. The van der Waals surface area contributed by atoms with Gasteiger partial charge in [0.05, 0.1) is 22.8 Å². The Bertz CT molecular complexity index is 2840. The minimum absolute atomic E-state index is 0. The number of rotatable bonds is 20. The lowest BCUT2D eigenvalue weighted by Gasteiger charge is -2.06. The highest BCUT2D eigenvalue weighted by atomic mass is 79.9. The van der Waals surface area contributed by atoms with Gasteiger partial charge < -0.3 is 77.9 Å². The largest absolute Gasteiger partial charge is 1.00 e. The van der Waals surface area contributed by atoms with E-state index in [9.17, 15) is 0 Å². The number of aromatic nitrogens is 8. The molecule has 2 aliphatic heterocycles. The molecule has 7 aromatic rings. The molecule has 0 amide bonds. The number of unbranched alkanes of at least 4 members (excludes halogenated alkanes) is 4. The molecule has 8 bridgehead atoms. The van der Waals surface area contributed by atoms with Gasteiger partial charge in [-0.2, -0.15) is 0 Å². The van der Waals surface area contributed by atoms with Crippen LogP contribution in [0.15, 0.2) is 173 Å². The second-order valence-electron chi connectivity index (χ2n) is 17.5. The van der Waals surface area contributed by atoms with Gasteiger partial charge in [-0.25, -0.2) is 28.2 Å². The summed E-state index contributed by atoms with van der Waals surface area (Å²) in [5.41, 5.74) is 15.8. The third kappa shape index (κ3) is 13.4. The maximum atomic E-state index is 5.59. The molecule has 9 rings (SSSR count). The number of pyridine rings is 4. The van der Waals surface area contributed by atoms with Crippen molar-refractivity contribution in [1.29, 1.82) is 0 Å². The monoisotopic (exact) mass is 1210 g/mol. The predicted octanol–water partition coefficient (Wildman–Crippen LogP) is 0.354. The van der Waals surface area contributed by atoms with Crippen LogP contribution in [0.1, 0.15) is 74.1 Å². The first-order valence-corrected chi connectivity index (χ1v) is 24.1. The van der Waals surface area contributed by atoms with Crippen LogP contribution in [-0.2, 0) is 26.2 Å². The summed E-state index contributed by atoms with van der Waals surface area (Å²) >= 11 is 0. The van der Waals surface area contributed by atoms with Crippen LogP contribution in [0.25, 0.3) is 90.9 Å². The molecule has 0 saturated carbocycles. The van der Waals surface area contributed by atoms with Crippen LogP contribution in [0.5, 0.6) is 0 Å². The van der Waals surface area contributed by atoms with Crippen molar-refractivity contribution in [2.45, 2.75) is 77.5 Å². The van der Waals surface area contributed by atoms with E-state index in [1.54, 1.807) is 0 Å². The van der Waals surface area contributed by atoms with Gasteiger partial charge >= 0.3 is 0 Å². The van der Waals surface area contributed by atoms with Crippen LogP contribution in [-0.4, -0.2) is 19.9 Å². The van der Waals surface area contributed by atoms with E-state index >= 15 is 0 Å². The third-order valence-electron chi connectivity index (χ3n) is 12.6. The Morgan fingerprint density at radius 2 is 0.597 bits per heavy atom. The first-order chi connectivity index (χ1) is 33.5. The summed E-state index contributed by atoms with van der Waals surface area (Å²) in [7, 11) is 0. The van der Waals surface area contributed by atoms with Crippen LogP contribution >= 0.6 is 0 Å². The van der Waals surface area contributed by atoms with Crippen molar-refractivity contribution in [3.8, 4) is 44.5 Å². The molecule has 0 aliphatic carbocycles. The third-order valence-corrected chi connectivity index (χ3v) is 12.6. The molecule has 370 valence electrons. The van der Waals surface area contributed by atoms with E-state index in [2.05, 4.69) is 201 Å². The summed E-state index contributed by atoms with van der Waals surface area (Å²) in [6.45, 7) is 19.4. The summed E-state index contributed by atoms with van der Waals surface area (Å²) in [4.78, 5) is 19.1. The SMILES string of the molecule is C=CCCC[n+]1cccc(-c2c3nc(c(-c4ccc[n+](CCCC=C)c4)c4ccc([nH]4)c(-c4ccc[n+](CCCC=C)c4)c4nc(c(-c5ccc[n+](CCCC=C)c5)c5ccc2[nH]5)C=C4)C=C3)c1.[Br-].[Br-].[Br-].[Br-]. The van der Waals surface area contributed by atoms with Gasteiger partial charge in [0.2, 0.25) is 0 Å². The lowest BCUT2D eigenvalue weighted by Crippen LogP contribution is -3.00. The van der Waals surface area contributed by atoms with E-state index in [0.717, 1.165) is 167 Å². The molecule has 0 unspecified atom stereocenters. The molecule has 0 fully saturated rings. The summed E-state index contributed by atoms with van der Waals surface area (Å²) in [5, 5.41) is 0. The van der Waals surface area contributed by atoms with Gasteiger partial charge in [0.25, 0.3) is 0 Å². The molecule has 0 aromatic carbocycles. The summed E-state index contributed by atoms with van der Waals surface area (Å²) in [6.07, 6.45) is 42.1. The van der Waals surface area contributed by atoms with Crippen molar-refractivity contribution < 1.29 is 86.2 Å². The Morgan fingerprint density at radius 3 is 0.819 bits per heavy atom. The first-order valence-electron chi connectivity index (χ1n) is 24.1. The smallest absolute Gasteiger partial charge is 0.176 e. The van der Waals surface area contributed by atoms with Crippen molar-refractivity contribution in [1.82, 2.24) is 19.9 Å². The van der Waals surface area contributed by atoms with Gasteiger partial charge in [-0.05, 0) is 98.5 Å². The fraction of sp³-hybridized carbons (Fsp3) is 0.200. The van der Waals surface area contributed by atoms with Gasteiger partial charge in [-0.1, -0.05) is 24.3 Å². The minimum atomic E-state index is 0. The molecule has 8 nitrogen and oxygen atoms in total. The Balaban J connectivity index is 0.00000241. The molecule has 12 heteroatoms. The second-order valence-corrected chi connectivity index (χ2v) is 17.5. The van der Waals surface area contributed by atoms with Gasteiger partial charge in [-0.3, -0.25) is 0 Å². The molecule has 0 atom stereocenters. The minimum Gasteiger partial charge on any atom is -1.00 e. The van der Waals surface area contributed by atoms with Crippen LogP contribution in [0.2, 0.25) is 0 Å². The highest BCUT2D eigenvalue weighted by Gasteiger charge is 2.22. The first kappa shape index (κ1) is 57.0. The topological polar surface area (TPSA) is 72.9 Å². The highest BCUT2D eigenvalue weighted by Crippen LogP contribution is 2.38. The van der Waals surface area contributed by atoms with Gasteiger partial charge in [0.15, 0.2) is 49.6 Å². The normalized spacial score (nSPS) is 11.1. The number of hydrogen-bond acceptors (Lipinski definition) is 2. The molecule has 9 heterocycles. The molecule has 7 aromatic heterocycles. The Kier molecular flexibility index (Phi) is 22.0. The number of allylic oxidation sites excluding steroid dienone is 4. The molecule has 0 saturated heterocycles. The quantitative estimate of drug-likeness (QED) is 0.0659. The maximum absolute atomic E-state index is 5.59. The maximum Gasteiger partial charge on any atom is 0.176 e. The van der Waals surface area contributed by atoms with Crippen molar-refractivity contribution >= 4 is 46.4 Å². The van der Waals surface area contributed by atoms with Crippen molar-refractivity contribution in [3.63, 3.8) is 0 Å². The average Bonchev–Trinajstić information content (AvgIpc) is 4.21. The van der Waals surface area contributed by atoms with Crippen molar-refractivity contribution in [2.75, 3.05) is 0 Å². The number of aryl methyl sites for hydroxylation is 4. The van der Waals surface area contributed by atoms with Gasteiger partial charge in [0.1, 0.15) is 26.2 Å². The molecular formula is C60H62Br4N8. The average molecular weight is 1210 g/mol. The van der Waals surface area contributed by atoms with E-state index < -0.39 is 0 Å². The number of fused-ring (bicyclic) bond motifs is 8. The molecule has 0 radical (unpaired) electrons. The Morgan fingerprint density at radius 1 is 0.361 bits per heavy atom. The molecule has 2 aliphatic rings. The zero-order valence-corrected chi connectivity index (χ0v) is 47.0. The molecular weight excluding hydrogens is 1150 g/mol. The summed E-state index contributed by atoms with van der Waals surface area (Å²) in [5.74, 6) is 0. The lowest BCUT2D eigenvalue weighted by atomic mass is 10.1. The number of nitrogens with zero attached hydrogens (tertiary/aromatic N) is 6. The number of hydrogen-bond donors (Lipinski definition) is 2. The van der Waals surface area contributed by atoms with Crippen LogP contribution in [0.3, 0.4) is 0 Å². The van der Waals surface area contributed by atoms with Crippen LogP contribution in [0.4, 0.5) is 0 Å². The fourth-order valence-corrected chi connectivity index (χ4v) is 9.33. The van der Waals surface area contributed by atoms with Crippen molar-refractivity contribution in [2.24, 2.45) is 0 Å². The fourth-order valence-electron chi connectivity index (χ4n) is 9.33. The van der Waals surface area contributed by atoms with Crippen LogP contribution in [0, 0.1) is 0 Å². The Hall–Kier alpha value is -5.92. The van der Waals surface area contributed by atoms with E-state index in [1.807, 2.05) is 24.3 Å². The summed E-state index contributed by atoms with van der Waals surface area (Å²) in [6, 6.07) is 26.2. The highest BCUT2D eigenvalue weighted by molar-refractivity contribution is 5.99. The van der Waals surface area contributed by atoms with E-state index in [4.69, 9.17) is 9.97 Å². The number of halogens is 4. The molecule has 2 N–H and O–H groups in total. The van der Waals surface area contributed by atoms with Gasteiger partial charge in [-0.15, -0.1) is 26.3 Å². The zero-order chi connectivity index (χ0) is 46.7. The van der Waals surface area contributed by atoms with E-state index in [-0.39, 0.29) is 67.9 Å². The standard InChI is InChI=1S/C60H62N8.4BrH/c1-5-9-13-33-65-37-17-21-45(41-65)57-49-25-27-51(61-49)58(46-22-18-38-66(42-46)34-14-10-6-2)53-29-31-55(63-53)60(48-24-20-40-68(44-48)36-16-12-8-4)56-32-30-54(64-56)59(52-28-26-50(57)62-52)47-23-19-39-67(43-47)35-15-11-7-3;;;;/h5-8,17-32,37-44,61,64H,1-4,9-16,33-36H2;4*1H/q+4;;;;/p-4. The predicted molar refractivity (Wildman–Crippen MR) is 279 cm³/mol. The second kappa shape index (κ2) is 27.8. The molecule has 72 heavy (non-hydrogen) atoms. The van der Waals surface area contributed by atoms with E-state index in [0.29, 0.717) is 0 Å².